The van der Waals surface area contributed by atoms with Gasteiger partial charge in [0.25, 0.3) is 0 Å². The van der Waals surface area contributed by atoms with Gasteiger partial charge in [0.05, 0.1) is 0 Å². The van der Waals surface area contributed by atoms with Crippen LogP contribution in [0.4, 0.5) is 4.79 Å². The Hall–Kier alpha value is -0.593. The third kappa shape index (κ3) is 11.3. The third-order valence-corrected chi connectivity index (χ3v) is 6.71. The van der Waals surface area contributed by atoms with E-state index in [0.717, 1.165) is 12.5 Å². The summed E-state index contributed by atoms with van der Waals surface area (Å²) in [5, 5.41) is 2.61. The highest BCUT2D eigenvalue weighted by atomic mass is 28.4. The van der Waals surface area contributed by atoms with E-state index < -0.39 is 14.6 Å². The Bertz CT molecular complexity index is 249. The SMILES string of the molecule is CO[Si](C)(CCCCCCCCCCNC(N)=O)OC. The molecule has 0 aliphatic carbocycles. The Labute approximate surface area is 124 Å². The Balaban J connectivity index is 3.23. The Morgan fingerprint density at radius 2 is 1.40 bits per heavy atom. The van der Waals surface area contributed by atoms with E-state index >= 15 is 0 Å². The second kappa shape index (κ2) is 12.2. The number of hydrogen-bond donors (Lipinski definition) is 2. The van der Waals surface area contributed by atoms with Gasteiger partial charge in [-0.1, -0.05) is 44.9 Å². The first kappa shape index (κ1) is 19.4. The average molecular weight is 305 g/mol. The lowest BCUT2D eigenvalue weighted by molar-refractivity contribution is 0.248. The Morgan fingerprint density at radius 3 is 1.85 bits per heavy atom. The van der Waals surface area contributed by atoms with Gasteiger partial charge >= 0.3 is 14.6 Å². The number of carbonyl (C=O) groups excluding carboxylic acids is 1. The molecule has 0 saturated carbocycles. The molecule has 0 aliphatic heterocycles. The fourth-order valence-electron chi connectivity index (χ4n) is 2.13. The maximum absolute atomic E-state index is 10.4. The van der Waals surface area contributed by atoms with Crippen molar-refractivity contribution in [3.8, 4) is 0 Å². The lowest BCUT2D eigenvalue weighted by Gasteiger charge is -2.22. The van der Waals surface area contributed by atoms with Crippen molar-refractivity contribution in [2.45, 2.75) is 64.0 Å². The molecule has 0 rings (SSSR count). The van der Waals surface area contributed by atoms with Crippen LogP contribution in [0.2, 0.25) is 12.6 Å². The summed E-state index contributed by atoms with van der Waals surface area (Å²) >= 11 is 0. The van der Waals surface area contributed by atoms with Crippen LogP contribution in [0.15, 0.2) is 0 Å². The highest BCUT2D eigenvalue weighted by Crippen LogP contribution is 2.17. The van der Waals surface area contributed by atoms with Crippen LogP contribution in [0.1, 0.15) is 51.4 Å². The first-order chi connectivity index (χ1) is 9.54. The van der Waals surface area contributed by atoms with Crippen molar-refractivity contribution in [1.29, 1.82) is 0 Å². The van der Waals surface area contributed by atoms with Crippen molar-refractivity contribution in [3.05, 3.63) is 0 Å². The van der Waals surface area contributed by atoms with E-state index in [4.69, 9.17) is 14.6 Å². The van der Waals surface area contributed by atoms with E-state index in [0.29, 0.717) is 6.54 Å². The van der Waals surface area contributed by atoms with E-state index in [-0.39, 0.29) is 0 Å². The molecule has 0 fully saturated rings. The number of unbranched alkanes of at least 4 members (excludes halogenated alkanes) is 7. The van der Waals surface area contributed by atoms with Crippen molar-refractivity contribution in [1.82, 2.24) is 5.32 Å². The summed E-state index contributed by atoms with van der Waals surface area (Å²) < 4.78 is 10.9. The largest absolute Gasteiger partial charge is 0.398 e. The molecule has 0 saturated heterocycles. The summed E-state index contributed by atoms with van der Waals surface area (Å²) in [5.74, 6) is 0. The fourth-order valence-corrected chi connectivity index (χ4v) is 3.60. The quantitative estimate of drug-likeness (QED) is 0.405. The molecule has 0 atom stereocenters. The number of hydrogen-bond acceptors (Lipinski definition) is 3. The summed E-state index contributed by atoms with van der Waals surface area (Å²) in [6.45, 7) is 2.82. The lowest BCUT2D eigenvalue weighted by atomic mass is 10.1. The summed E-state index contributed by atoms with van der Waals surface area (Å²) in [7, 11) is 1.66. The molecule has 0 aromatic heterocycles. The van der Waals surface area contributed by atoms with Crippen molar-refractivity contribution < 1.29 is 13.6 Å². The van der Waals surface area contributed by atoms with Gasteiger partial charge < -0.3 is 19.9 Å². The summed E-state index contributed by atoms with van der Waals surface area (Å²) in [6, 6.07) is 0.659. The topological polar surface area (TPSA) is 73.6 Å². The van der Waals surface area contributed by atoms with E-state index in [1.807, 2.05) is 0 Å². The maximum Gasteiger partial charge on any atom is 0.334 e. The highest BCUT2D eigenvalue weighted by molar-refractivity contribution is 6.65. The van der Waals surface area contributed by atoms with Crippen LogP contribution in [-0.4, -0.2) is 35.4 Å². The van der Waals surface area contributed by atoms with Gasteiger partial charge in [-0.3, -0.25) is 0 Å². The molecule has 120 valence electrons. The van der Waals surface area contributed by atoms with Gasteiger partial charge in [0.2, 0.25) is 0 Å². The Morgan fingerprint density at radius 1 is 0.950 bits per heavy atom. The molecule has 0 aliphatic rings. The summed E-state index contributed by atoms with van der Waals surface area (Å²) in [6.07, 6.45) is 9.75. The summed E-state index contributed by atoms with van der Waals surface area (Å²) in [5.41, 5.74) is 4.99. The average Bonchev–Trinajstić information content (AvgIpc) is 2.44. The number of nitrogens with two attached hydrogens (primary N) is 1. The van der Waals surface area contributed by atoms with Gasteiger partial charge in [-0.2, -0.15) is 0 Å². The zero-order valence-electron chi connectivity index (χ0n) is 13.4. The molecule has 2 amide bonds. The predicted octanol–water partition coefficient (Wildman–Crippen LogP) is 3.14. The van der Waals surface area contributed by atoms with E-state index in [2.05, 4.69) is 11.9 Å². The molecule has 0 unspecified atom stereocenters. The van der Waals surface area contributed by atoms with Crippen LogP contribution >= 0.6 is 0 Å². The lowest BCUT2D eigenvalue weighted by Crippen LogP contribution is -2.35. The van der Waals surface area contributed by atoms with Crippen LogP contribution in [0.5, 0.6) is 0 Å². The van der Waals surface area contributed by atoms with Crippen LogP contribution in [0.25, 0.3) is 0 Å². The molecule has 3 N–H and O–H groups in total. The fraction of sp³-hybridized carbons (Fsp3) is 0.929. The van der Waals surface area contributed by atoms with Gasteiger partial charge in [0.15, 0.2) is 0 Å². The molecule has 6 heteroatoms. The van der Waals surface area contributed by atoms with Crippen LogP contribution in [0, 0.1) is 0 Å². The second-order valence-corrected chi connectivity index (χ2v) is 9.00. The zero-order chi connectivity index (χ0) is 15.3. The van der Waals surface area contributed by atoms with Gasteiger partial charge in [0.1, 0.15) is 0 Å². The number of urea groups is 1. The second-order valence-electron chi connectivity index (χ2n) is 5.41. The number of primary amides is 1. The molecule has 0 radical (unpaired) electrons. The normalized spacial score (nSPS) is 11.6. The minimum Gasteiger partial charge on any atom is -0.398 e. The third-order valence-electron chi connectivity index (χ3n) is 3.72. The smallest absolute Gasteiger partial charge is 0.334 e. The summed E-state index contributed by atoms with van der Waals surface area (Å²) in [4.78, 5) is 10.4. The van der Waals surface area contributed by atoms with E-state index in [9.17, 15) is 4.79 Å². The first-order valence-electron chi connectivity index (χ1n) is 7.67. The monoisotopic (exact) mass is 304 g/mol. The number of carbonyl (C=O) groups is 1. The van der Waals surface area contributed by atoms with Crippen molar-refractivity contribution in [3.63, 3.8) is 0 Å². The molecule has 0 spiro atoms. The highest BCUT2D eigenvalue weighted by Gasteiger charge is 2.27. The molecule has 0 aromatic carbocycles. The minimum atomic E-state index is -1.84. The molecular formula is C14H32N2O3Si. The first-order valence-corrected chi connectivity index (χ1v) is 10.2. The van der Waals surface area contributed by atoms with Crippen molar-refractivity contribution in [2.75, 3.05) is 20.8 Å². The Kier molecular flexibility index (Phi) is 11.8. The standard InChI is InChI=1S/C14H32N2O3Si/c1-18-20(3,19-2)13-11-9-7-5-4-6-8-10-12-16-14(15)17/h4-13H2,1-3H3,(H3,15,16,17). The zero-order valence-corrected chi connectivity index (χ0v) is 14.4. The van der Waals surface area contributed by atoms with E-state index in [1.54, 1.807) is 14.2 Å². The number of rotatable bonds is 13. The minimum absolute atomic E-state index is 0.423. The van der Waals surface area contributed by atoms with Crippen molar-refractivity contribution >= 4 is 14.6 Å². The molecule has 0 bridgehead atoms. The molecule has 5 nitrogen and oxygen atoms in total. The molecule has 20 heavy (non-hydrogen) atoms. The van der Waals surface area contributed by atoms with E-state index in [1.165, 1.54) is 44.9 Å². The van der Waals surface area contributed by atoms with Gasteiger partial charge in [0, 0.05) is 20.8 Å². The van der Waals surface area contributed by atoms with Gasteiger partial charge in [-0.05, 0) is 19.0 Å². The van der Waals surface area contributed by atoms with Crippen LogP contribution in [-0.2, 0) is 8.85 Å². The molecular weight excluding hydrogens is 272 g/mol. The number of nitrogens with one attached hydrogen (secondary N) is 1. The van der Waals surface area contributed by atoms with Gasteiger partial charge in [-0.25, -0.2) is 4.79 Å². The van der Waals surface area contributed by atoms with Crippen molar-refractivity contribution in [2.24, 2.45) is 5.73 Å². The van der Waals surface area contributed by atoms with Gasteiger partial charge in [-0.15, -0.1) is 0 Å². The van der Waals surface area contributed by atoms with Crippen LogP contribution in [0.3, 0.4) is 0 Å². The number of amides is 2. The maximum atomic E-state index is 10.4. The predicted molar refractivity (Wildman–Crippen MR) is 85.0 cm³/mol. The molecule has 0 heterocycles. The molecule has 0 aromatic rings. The van der Waals surface area contributed by atoms with Crippen LogP contribution < -0.4 is 11.1 Å².